The summed E-state index contributed by atoms with van der Waals surface area (Å²) in [6.07, 6.45) is 0. The van der Waals surface area contributed by atoms with E-state index in [9.17, 15) is 9.59 Å². The fourth-order valence-corrected chi connectivity index (χ4v) is 3.41. The van der Waals surface area contributed by atoms with Gasteiger partial charge in [-0.05, 0) is 42.2 Å². The number of carbonyl (C=O) groups is 2. The van der Waals surface area contributed by atoms with Crippen LogP contribution in [0.2, 0.25) is 0 Å². The summed E-state index contributed by atoms with van der Waals surface area (Å²) in [7, 11) is 0. The monoisotopic (exact) mass is 427 g/mol. The first kappa shape index (κ1) is 21.6. The highest BCUT2D eigenvalue weighted by Crippen LogP contribution is 2.27. The van der Waals surface area contributed by atoms with Gasteiger partial charge in [0.2, 0.25) is 5.91 Å². The number of nitrogens with one attached hydrogen (secondary N) is 2. The number of benzene rings is 1. The molecule has 0 atom stereocenters. The Balaban J connectivity index is 1.56. The number of carbonyl (C=O) groups excluding carboxylic acids is 2. The lowest BCUT2D eigenvalue weighted by Crippen LogP contribution is -2.20. The molecule has 3 rings (SSSR count). The molecule has 0 aliphatic heterocycles. The number of anilines is 1. The van der Waals surface area contributed by atoms with E-state index in [-0.39, 0.29) is 18.4 Å². The van der Waals surface area contributed by atoms with Crippen LogP contribution in [0, 0.1) is 6.92 Å². The maximum Gasteiger partial charge on any atom is 0.264 e. The van der Waals surface area contributed by atoms with E-state index in [0.717, 1.165) is 11.1 Å². The van der Waals surface area contributed by atoms with Crippen molar-refractivity contribution in [1.29, 1.82) is 0 Å². The van der Waals surface area contributed by atoms with Crippen LogP contribution in [0.1, 0.15) is 43.6 Å². The van der Waals surface area contributed by atoms with Crippen molar-refractivity contribution in [2.24, 2.45) is 0 Å². The number of aromatic nitrogens is 1. The molecule has 0 saturated carbocycles. The van der Waals surface area contributed by atoms with Gasteiger partial charge in [0.25, 0.3) is 5.91 Å². The molecule has 0 fully saturated rings. The van der Waals surface area contributed by atoms with Crippen molar-refractivity contribution in [1.82, 2.24) is 10.3 Å². The molecule has 2 heterocycles. The summed E-state index contributed by atoms with van der Waals surface area (Å²) in [6.45, 7) is 7.85. The molecule has 158 valence electrons. The molecule has 2 amide bonds. The van der Waals surface area contributed by atoms with Gasteiger partial charge in [-0.15, -0.1) is 11.3 Å². The second-order valence-corrected chi connectivity index (χ2v) is 8.09. The molecule has 8 heteroatoms. The zero-order valence-electron chi connectivity index (χ0n) is 17.4. The van der Waals surface area contributed by atoms with Crippen LogP contribution in [0.25, 0.3) is 11.5 Å². The second kappa shape index (κ2) is 9.58. The van der Waals surface area contributed by atoms with E-state index in [1.807, 2.05) is 19.1 Å². The predicted molar refractivity (Wildman–Crippen MR) is 117 cm³/mol. The number of amides is 2. The second-order valence-electron chi connectivity index (χ2n) is 7.23. The minimum Gasteiger partial charge on any atom is -0.483 e. The number of ether oxygens (including phenoxy) is 1. The number of aryl methyl sites for hydroxylation is 1. The van der Waals surface area contributed by atoms with E-state index < -0.39 is 0 Å². The predicted octanol–water partition coefficient (Wildman–Crippen LogP) is 4.49. The fraction of sp³-hybridized carbons (Fsp3) is 0.318. The summed E-state index contributed by atoms with van der Waals surface area (Å²) >= 11 is 1.30. The largest absolute Gasteiger partial charge is 0.483 e. The Labute approximate surface area is 179 Å². The molecule has 1 aromatic carbocycles. The minimum absolute atomic E-state index is 0.0983. The SMILES string of the molecule is CC(=O)NCc1ccc(-c2csc(NC(=O)COc3cc(C(C)C)ccc3C)n2)o1. The van der Waals surface area contributed by atoms with Crippen LogP contribution in [0.15, 0.2) is 40.1 Å². The number of hydrogen-bond donors (Lipinski definition) is 2. The van der Waals surface area contributed by atoms with Crippen LogP contribution < -0.4 is 15.4 Å². The van der Waals surface area contributed by atoms with E-state index in [2.05, 4.69) is 35.5 Å². The number of hydrogen-bond acceptors (Lipinski definition) is 6. The summed E-state index contributed by atoms with van der Waals surface area (Å²) in [5.41, 5.74) is 2.76. The fourth-order valence-electron chi connectivity index (χ4n) is 2.70. The Hall–Kier alpha value is -3.13. The zero-order chi connectivity index (χ0) is 21.7. The van der Waals surface area contributed by atoms with Crippen molar-refractivity contribution >= 4 is 28.3 Å². The Kier molecular flexibility index (Phi) is 6.89. The lowest BCUT2D eigenvalue weighted by molar-refractivity contribution is -0.119. The van der Waals surface area contributed by atoms with Gasteiger partial charge in [-0.25, -0.2) is 4.98 Å². The Morgan fingerprint density at radius 1 is 1.23 bits per heavy atom. The average molecular weight is 428 g/mol. The molecule has 0 aliphatic carbocycles. The Morgan fingerprint density at radius 3 is 2.77 bits per heavy atom. The van der Waals surface area contributed by atoms with Crippen LogP contribution >= 0.6 is 11.3 Å². The molecule has 0 spiro atoms. The van der Waals surface area contributed by atoms with Gasteiger partial charge in [0, 0.05) is 12.3 Å². The summed E-state index contributed by atoms with van der Waals surface area (Å²) < 4.78 is 11.4. The molecule has 3 aromatic rings. The van der Waals surface area contributed by atoms with E-state index in [1.54, 1.807) is 17.5 Å². The van der Waals surface area contributed by atoms with Crippen molar-refractivity contribution in [3.8, 4) is 17.2 Å². The molecule has 30 heavy (non-hydrogen) atoms. The van der Waals surface area contributed by atoms with Crippen LogP contribution in [0.5, 0.6) is 5.75 Å². The van der Waals surface area contributed by atoms with Gasteiger partial charge in [-0.3, -0.25) is 14.9 Å². The summed E-state index contributed by atoms with van der Waals surface area (Å²) in [5, 5.41) is 7.69. The standard InChI is InChI=1S/C22H25N3O4S/c1-13(2)16-6-5-14(3)20(9-16)28-11-21(27)25-22-24-18(12-30-22)19-8-7-17(29-19)10-23-15(4)26/h5-9,12-13H,10-11H2,1-4H3,(H,23,26)(H,24,25,27). The number of furan rings is 1. The third-order valence-electron chi connectivity index (χ3n) is 4.41. The van der Waals surface area contributed by atoms with Gasteiger partial charge in [0.1, 0.15) is 17.2 Å². The Bertz CT molecular complexity index is 1040. The van der Waals surface area contributed by atoms with Gasteiger partial charge in [0.05, 0.1) is 6.54 Å². The first-order chi connectivity index (χ1) is 14.3. The molecule has 2 aromatic heterocycles. The Morgan fingerprint density at radius 2 is 2.03 bits per heavy atom. The van der Waals surface area contributed by atoms with Gasteiger partial charge in [-0.2, -0.15) is 0 Å². The lowest BCUT2D eigenvalue weighted by Gasteiger charge is -2.12. The van der Waals surface area contributed by atoms with Gasteiger partial charge in [-0.1, -0.05) is 26.0 Å². The molecular formula is C22H25N3O4S. The molecule has 2 N–H and O–H groups in total. The number of rotatable bonds is 8. The number of nitrogens with zero attached hydrogens (tertiary/aromatic N) is 1. The maximum atomic E-state index is 12.3. The van der Waals surface area contributed by atoms with E-state index >= 15 is 0 Å². The van der Waals surface area contributed by atoms with Gasteiger partial charge >= 0.3 is 0 Å². The summed E-state index contributed by atoms with van der Waals surface area (Å²) in [4.78, 5) is 27.7. The van der Waals surface area contributed by atoms with E-state index in [4.69, 9.17) is 9.15 Å². The van der Waals surface area contributed by atoms with Crippen molar-refractivity contribution in [2.75, 3.05) is 11.9 Å². The average Bonchev–Trinajstić information content (AvgIpc) is 3.34. The molecule has 0 bridgehead atoms. The quantitative estimate of drug-likeness (QED) is 0.552. The summed E-state index contributed by atoms with van der Waals surface area (Å²) in [5.74, 6) is 1.89. The lowest BCUT2D eigenvalue weighted by atomic mass is 10.0. The highest BCUT2D eigenvalue weighted by molar-refractivity contribution is 7.14. The zero-order valence-corrected chi connectivity index (χ0v) is 18.3. The van der Waals surface area contributed by atoms with Crippen LogP contribution in [0.3, 0.4) is 0 Å². The number of thiazole rings is 1. The maximum absolute atomic E-state index is 12.3. The highest BCUT2D eigenvalue weighted by Gasteiger charge is 2.13. The van der Waals surface area contributed by atoms with Crippen LogP contribution in [0.4, 0.5) is 5.13 Å². The van der Waals surface area contributed by atoms with Crippen molar-refractivity contribution in [2.45, 2.75) is 40.2 Å². The molecule has 0 aliphatic rings. The van der Waals surface area contributed by atoms with Gasteiger partial charge < -0.3 is 14.5 Å². The van der Waals surface area contributed by atoms with E-state index in [0.29, 0.717) is 40.6 Å². The third kappa shape index (κ3) is 5.70. The van der Waals surface area contributed by atoms with E-state index in [1.165, 1.54) is 18.3 Å². The minimum atomic E-state index is -0.281. The van der Waals surface area contributed by atoms with Crippen molar-refractivity contribution in [3.05, 3.63) is 52.6 Å². The molecule has 7 nitrogen and oxygen atoms in total. The smallest absolute Gasteiger partial charge is 0.264 e. The molecule has 0 saturated heterocycles. The topological polar surface area (TPSA) is 93.5 Å². The molecular weight excluding hydrogens is 402 g/mol. The van der Waals surface area contributed by atoms with Crippen molar-refractivity contribution < 1.29 is 18.7 Å². The van der Waals surface area contributed by atoms with Crippen LogP contribution in [-0.4, -0.2) is 23.4 Å². The first-order valence-electron chi connectivity index (χ1n) is 9.64. The molecule has 0 unspecified atom stereocenters. The first-order valence-corrected chi connectivity index (χ1v) is 10.5. The third-order valence-corrected chi connectivity index (χ3v) is 5.17. The highest BCUT2D eigenvalue weighted by atomic mass is 32.1. The summed E-state index contributed by atoms with van der Waals surface area (Å²) in [6, 6.07) is 9.61. The normalized spacial score (nSPS) is 10.8. The van der Waals surface area contributed by atoms with Crippen molar-refractivity contribution in [3.63, 3.8) is 0 Å². The van der Waals surface area contributed by atoms with Crippen LogP contribution in [-0.2, 0) is 16.1 Å². The van der Waals surface area contributed by atoms with Gasteiger partial charge in [0.15, 0.2) is 17.5 Å². The molecule has 0 radical (unpaired) electrons.